The molecule has 0 aromatic heterocycles. The lowest BCUT2D eigenvalue weighted by molar-refractivity contribution is -0.0965. The highest BCUT2D eigenvalue weighted by molar-refractivity contribution is 8.04. The summed E-state index contributed by atoms with van der Waals surface area (Å²) in [6, 6.07) is 5.47. The highest BCUT2D eigenvalue weighted by Gasteiger charge is 2.57. The number of hydrazine groups is 1. The van der Waals surface area contributed by atoms with Gasteiger partial charge in [-0.3, -0.25) is 10.4 Å². The molecule has 3 N–H and O–H groups in total. The maximum Gasteiger partial charge on any atom is 0.432 e. The highest BCUT2D eigenvalue weighted by atomic mass is 32.2. The lowest BCUT2D eigenvalue weighted by Gasteiger charge is -2.40. The number of allylic oxidation sites excluding steroid dienone is 2. The zero-order chi connectivity index (χ0) is 18.7. The Balaban J connectivity index is 1.83. The molecule has 0 bridgehead atoms. The van der Waals surface area contributed by atoms with E-state index in [1.807, 2.05) is 12.2 Å². The van der Waals surface area contributed by atoms with Crippen molar-refractivity contribution in [3.63, 3.8) is 0 Å². The van der Waals surface area contributed by atoms with E-state index < -0.39 is 26.8 Å². The lowest BCUT2D eigenvalue weighted by Crippen LogP contribution is -2.49. The van der Waals surface area contributed by atoms with Crippen molar-refractivity contribution in [3.05, 3.63) is 58.7 Å². The van der Waals surface area contributed by atoms with Crippen molar-refractivity contribution >= 4 is 27.5 Å². The zero-order valence-electron chi connectivity index (χ0n) is 13.2. The van der Waals surface area contributed by atoms with Crippen LogP contribution in [-0.2, 0) is 10.0 Å². The molecule has 1 atom stereocenters. The van der Waals surface area contributed by atoms with Crippen LogP contribution in [0.1, 0.15) is 12.8 Å². The van der Waals surface area contributed by atoms with Crippen molar-refractivity contribution in [1.29, 1.82) is 0 Å². The lowest BCUT2D eigenvalue weighted by atomic mass is 9.87. The average molecular weight is 401 g/mol. The largest absolute Gasteiger partial charge is 0.432 e. The molecule has 1 unspecified atom stereocenters. The standard InChI is InChI=1S/C16H14F3N3O2S2/c17-16(18,19)14-13-3-1-2-10-8-9-25-15(10,13)22(21-14)11-4-6-12(7-5-11)26(20,23)24/h2,4-9,21H,1,3H2,(H2,20,23,24). The summed E-state index contributed by atoms with van der Waals surface area (Å²) in [5.74, 6) is 0. The molecule has 1 aromatic carbocycles. The van der Waals surface area contributed by atoms with Gasteiger partial charge in [-0.25, -0.2) is 13.6 Å². The second-order valence-electron chi connectivity index (χ2n) is 6.10. The molecule has 5 nitrogen and oxygen atoms in total. The number of halogens is 3. The summed E-state index contributed by atoms with van der Waals surface area (Å²) in [6.45, 7) is 0. The normalized spacial score (nSPS) is 25.1. The third-order valence-corrected chi connectivity index (χ3v) is 6.80. The Bertz CT molecular complexity index is 965. The summed E-state index contributed by atoms with van der Waals surface area (Å²) in [5, 5.41) is 8.33. The fourth-order valence-corrected chi connectivity index (χ4v) is 5.33. The van der Waals surface area contributed by atoms with Crippen LogP contribution in [0, 0.1) is 0 Å². The first kappa shape index (κ1) is 17.5. The summed E-state index contributed by atoms with van der Waals surface area (Å²) >= 11 is 1.29. The van der Waals surface area contributed by atoms with Gasteiger partial charge in [-0.2, -0.15) is 13.2 Å². The van der Waals surface area contributed by atoms with E-state index in [2.05, 4.69) is 5.43 Å². The van der Waals surface area contributed by atoms with Gasteiger partial charge in [-0.15, -0.1) is 0 Å². The van der Waals surface area contributed by atoms with Crippen LogP contribution in [0.4, 0.5) is 18.9 Å². The third-order valence-electron chi connectivity index (χ3n) is 4.59. The molecule has 2 heterocycles. The Morgan fingerprint density at radius 3 is 2.54 bits per heavy atom. The van der Waals surface area contributed by atoms with Crippen LogP contribution < -0.4 is 15.6 Å². The first-order valence-electron chi connectivity index (χ1n) is 7.69. The Labute approximate surface area is 152 Å². The predicted octanol–water partition coefficient (Wildman–Crippen LogP) is 3.15. The number of benzene rings is 1. The van der Waals surface area contributed by atoms with E-state index in [0.717, 1.165) is 5.57 Å². The number of thioether (sulfide) groups is 1. The van der Waals surface area contributed by atoms with Crippen LogP contribution in [0.25, 0.3) is 0 Å². The Kier molecular flexibility index (Phi) is 3.73. The maximum atomic E-state index is 13.6. The molecule has 4 rings (SSSR count). The quantitative estimate of drug-likeness (QED) is 0.796. The van der Waals surface area contributed by atoms with Gasteiger partial charge in [0.1, 0.15) is 5.70 Å². The van der Waals surface area contributed by atoms with Crippen molar-refractivity contribution < 1.29 is 21.6 Å². The molecule has 0 saturated carbocycles. The molecule has 26 heavy (non-hydrogen) atoms. The molecular weight excluding hydrogens is 387 g/mol. The van der Waals surface area contributed by atoms with E-state index >= 15 is 0 Å². The van der Waals surface area contributed by atoms with Crippen LogP contribution in [0.2, 0.25) is 0 Å². The number of hydrogen-bond acceptors (Lipinski definition) is 5. The van der Waals surface area contributed by atoms with Gasteiger partial charge in [0.15, 0.2) is 4.87 Å². The molecule has 1 spiro atoms. The predicted molar refractivity (Wildman–Crippen MR) is 93.3 cm³/mol. The third kappa shape index (κ3) is 2.47. The fraction of sp³-hybridized carbons (Fsp3) is 0.250. The number of sulfonamides is 1. The molecule has 0 fully saturated rings. The van der Waals surface area contributed by atoms with E-state index in [9.17, 15) is 21.6 Å². The van der Waals surface area contributed by atoms with Gasteiger partial charge in [0, 0.05) is 5.57 Å². The minimum Gasteiger partial charge on any atom is -0.292 e. The molecule has 0 radical (unpaired) electrons. The number of hydrogen-bond donors (Lipinski definition) is 2. The summed E-state index contributed by atoms with van der Waals surface area (Å²) < 4.78 is 63.7. The van der Waals surface area contributed by atoms with E-state index in [4.69, 9.17) is 5.14 Å². The second-order valence-corrected chi connectivity index (χ2v) is 8.76. The summed E-state index contributed by atoms with van der Waals surface area (Å²) in [4.78, 5) is -1.11. The molecule has 0 saturated heterocycles. The minimum atomic E-state index is -4.51. The zero-order valence-corrected chi connectivity index (χ0v) is 14.9. The smallest absolute Gasteiger partial charge is 0.292 e. The average Bonchev–Trinajstić information content (AvgIpc) is 3.13. The Morgan fingerprint density at radius 2 is 1.92 bits per heavy atom. The van der Waals surface area contributed by atoms with Crippen LogP contribution in [0.5, 0.6) is 0 Å². The maximum absolute atomic E-state index is 13.6. The van der Waals surface area contributed by atoms with E-state index in [-0.39, 0.29) is 10.5 Å². The van der Waals surface area contributed by atoms with E-state index in [1.54, 1.807) is 5.41 Å². The van der Waals surface area contributed by atoms with Crippen LogP contribution in [-0.4, -0.2) is 19.5 Å². The molecule has 138 valence electrons. The van der Waals surface area contributed by atoms with Crippen molar-refractivity contribution in [2.24, 2.45) is 5.14 Å². The summed E-state index contributed by atoms with van der Waals surface area (Å²) in [7, 11) is -3.88. The monoisotopic (exact) mass is 401 g/mol. The number of nitrogens with two attached hydrogens (primary N) is 1. The number of rotatable bonds is 2. The summed E-state index contributed by atoms with van der Waals surface area (Å²) in [5.41, 5.74) is 3.24. The van der Waals surface area contributed by atoms with Gasteiger partial charge in [0.25, 0.3) is 0 Å². The van der Waals surface area contributed by atoms with Crippen LogP contribution in [0.3, 0.4) is 0 Å². The van der Waals surface area contributed by atoms with Crippen LogP contribution >= 0.6 is 11.8 Å². The van der Waals surface area contributed by atoms with E-state index in [1.165, 1.54) is 41.0 Å². The Hall–Kier alpha value is -1.91. The van der Waals surface area contributed by atoms with Gasteiger partial charge in [0.2, 0.25) is 10.0 Å². The molecule has 0 amide bonds. The van der Waals surface area contributed by atoms with Crippen molar-refractivity contribution in [1.82, 2.24) is 5.43 Å². The van der Waals surface area contributed by atoms with E-state index in [0.29, 0.717) is 18.5 Å². The molecule has 1 aliphatic carbocycles. The fourth-order valence-electron chi connectivity index (χ4n) is 3.51. The molecular formula is C16H14F3N3O2S2. The van der Waals surface area contributed by atoms with Crippen molar-refractivity contribution in [3.8, 4) is 0 Å². The van der Waals surface area contributed by atoms with Gasteiger partial charge >= 0.3 is 6.18 Å². The SMILES string of the molecule is NS(=O)(=O)c1ccc(N2NC(C(F)(F)F)=C3CCC=C4C=CSC432)cc1. The van der Waals surface area contributed by atoms with Crippen molar-refractivity contribution in [2.75, 3.05) is 5.01 Å². The molecule has 10 heteroatoms. The second kappa shape index (κ2) is 5.54. The summed E-state index contributed by atoms with van der Waals surface area (Å²) in [6.07, 6.45) is 0.0784. The number of nitrogens with zero attached hydrogens (tertiary/aromatic N) is 1. The van der Waals surface area contributed by atoms with Gasteiger partial charge in [-0.05, 0) is 54.2 Å². The minimum absolute atomic E-state index is 0.0983. The van der Waals surface area contributed by atoms with Crippen LogP contribution in [0.15, 0.2) is 63.6 Å². The molecule has 3 aliphatic rings. The molecule has 2 aliphatic heterocycles. The van der Waals surface area contributed by atoms with Gasteiger partial charge in [-0.1, -0.05) is 17.8 Å². The highest BCUT2D eigenvalue weighted by Crippen LogP contribution is 2.57. The first-order chi connectivity index (χ1) is 12.1. The first-order valence-corrected chi connectivity index (χ1v) is 10.1. The van der Waals surface area contributed by atoms with Gasteiger partial charge < -0.3 is 0 Å². The number of primary sulfonamides is 1. The number of anilines is 1. The van der Waals surface area contributed by atoms with Crippen molar-refractivity contribution in [2.45, 2.75) is 28.8 Å². The topological polar surface area (TPSA) is 75.4 Å². The Morgan fingerprint density at radius 1 is 1.23 bits per heavy atom. The molecule has 1 aromatic rings. The number of alkyl halides is 3. The van der Waals surface area contributed by atoms with Gasteiger partial charge in [0.05, 0.1) is 10.6 Å². The number of nitrogens with one attached hydrogen (secondary N) is 1.